The SMILES string of the molecule is O=C(O)c1ccc2c(c1)CCN2Cc1ccccc1Br. The van der Waals surface area contributed by atoms with Gasteiger partial charge in [0, 0.05) is 23.2 Å². The number of benzene rings is 2. The van der Waals surface area contributed by atoms with Gasteiger partial charge in [0.15, 0.2) is 0 Å². The van der Waals surface area contributed by atoms with Crippen LogP contribution in [-0.2, 0) is 13.0 Å². The van der Waals surface area contributed by atoms with Crippen LogP contribution in [0.15, 0.2) is 46.9 Å². The van der Waals surface area contributed by atoms with Crippen molar-refractivity contribution in [2.24, 2.45) is 0 Å². The van der Waals surface area contributed by atoms with E-state index in [1.165, 1.54) is 5.56 Å². The third kappa shape index (κ3) is 2.43. The largest absolute Gasteiger partial charge is 0.478 e. The molecule has 0 fully saturated rings. The first-order valence-electron chi connectivity index (χ1n) is 6.50. The van der Waals surface area contributed by atoms with Crippen molar-refractivity contribution in [3.05, 3.63) is 63.6 Å². The van der Waals surface area contributed by atoms with Gasteiger partial charge in [0.25, 0.3) is 0 Å². The first kappa shape index (κ1) is 13.2. The van der Waals surface area contributed by atoms with E-state index in [9.17, 15) is 4.79 Å². The second-order valence-corrected chi connectivity index (χ2v) is 5.77. The van der Waals surface area contributed by atoms with Crippen molar-refractivity contribution in [3.63, 3.8) is 0 Å². The van der Waals surface area contributed by atoms with Crippen molar-refractivity contribution in [2.75, 3.05) is 11.4 Å². The predicted molar refractivity (Wildman–Crippen MR) is 82.3 cm³/mol. The highest BCUT2D eigenvalue weighted by molar-refractivity contribution is 9.10. The number of carbonyl (C=O) groups is 1. The van der Waals surface area contributed by atoms with Crippen molar-refractivity contribution >= 4 is 27.6 Å². The summed E-state index contributed by atoms with van der Waals surface area (Å²) in [4.78, 5) is 13.3. The number of aromatic carboxylic acids is 1. The van der Waals surface area contributed by atoms with Crippen LogP contribution >= 0.6 is 15.9 Å². The van der Waals surface area contributed by atoms with Gasteiger partial charge in [-0.25, -0.2) is 4.79 Å². The number of carboxylic acid groups (broad SMARTS) is 1. The van der Waals surface area contributed by atoms with Crippen LogP contribution in [0.25, 0.3) is 0 Å². The Morgan fingerprint density at radius 3 is 2.80 bits per heavy atom. The topological polar surface area (TPSA) is 40.5 Å². The number of fused-ring (bicyclic) bond motifs is 1. The maximum Gasteiger partial charge on any atom is 0.335 e. The molecule has 1 heterocycles. The summed E-state index contributed by atoms with van der Waals surface area (Å²) in [7, 11) is 0. The molecular weight excluding hydrogens is 318 g/mol. The lowest BCUT2D eigenvalue weighted by Gasteiger charge is -2.20. The number of hydrogen-bond acceptors (Lipinski definition) is 2. The lowest BCUT2D eigenvalue weighted by Crippen LogP contribution is -2.19. The van der Waals surface area contributed by atoms with Crippen molar-refractivity contribution in [1.82, 2.24) is 0 Å². The molecule has 0 amide bonds. The molecule has 3 rings (SSSR count). The molecule has 0 radical (unpaired) electrons. The van der Waals surface area contributed by atoms with E-state index in [0.29, 0.717) is 5.56 Å². The fraction of sp³-hybridized carbons (Fsp3) is 0.188. The van der Waals surface area contributed by atoms with Gasteiger partial charge in [-0.1, -0.05) is 34.1 Å². The molecular formula is C16H14BrNO2. The first-order chi connectivity index (χ1) is 9.65. The van der Waals surface area contributed by atoms with Crippen LogP contribution in [0, 0.1) is 0 Å². The summed E-state index contributed by atoms with van der Waals surface area (Å²) in [5.74, 6) is -0.864. The minimum atomic E-state index is -0.864. The molecule has 1 aliphatic heterocycles. The fourth-order valence-corrected chi connectivity index (χ4v) is 3.01. The Morgan fingerprint density at radius 2 is 2.05 bits per heavy atom. The van der Waals surface area contributed by atoms with Gasteiger partial charge in [-0.15, -0.1) is 0 Å². The summed E-state index contributed by atoms with van der Waals surface area (Å²) in [6, 6.07) is 13.6. The van der Waals surface area contributed by atoms with Gasteiger partial charge in [0.1, 0.15) is 0 Å². The highest BCUT2D eigenvalue weighted by atomic mass is 79.9. The van der Waals surface area contributed by atoms with E-state index >= 15 is 0 Å². The minimum Gasteiger partial charge on any atom is -0.478 e. The van der Waals surface area contributed by atoms with Crippen molar-refractivity contribution in [2.45, 2.75) is 13.0 Å². The quantitative estimate of drug-likeness (QED) is 0.931. The molecule has 0 bridgehead atoms. The second-order valence-electron chi connectivity index (χ2n) is 4.91. The molecule has 2 aromatic carbocycles. The van der Waals surface area contributed by atoms with E-state index in [4.69, 9.17) is 5.11 Å². The van der Waals surface area contributed by atoms with E-state index in [0.717, 1.165) is 35.2 Å². The molecule has 0 aliphatic carbocycles. The van der Waals surface area contributed by atoms with Crippen molar-refractivity contribution in [1.29, 1.82) is 0 Å². The van der Waals surface area contributed by atoms with Crippen molar-refractivity contribution in [3.8, 4) is 0 Å². The van der Waals surface area contributed by atoms with Crippen LogP contribution in [0.4, 0.5) is 5.69 Å². The molecule has 0 spiro atoms. The van der Waals surface area contributed by atoms with Crippen molar-refractivity contribution < 1.29 is 9.90 Å². The smallest absolute Gasteiger partial charge is 0.335 e. The van der Waals surface area contributed by atoms with E-state index in [1.54, 1.807) is 12.1 Å². The highest BCUT2D eigenvalue weighted by Gasteiger charge is 2.21. The van der Waals surface area contributed by atoms with E-state index in [1.807, 2.05) is 24.3 Å². The van der Waals surface area contributed by atoms with Gasteiger partial charge < -0.3 is 10.0 Å². The van der Waals surface area contributed by atoms with Gasteiger partial charge >= 0.3 is 5.97 Å². The molecule has 0 atom stereocenters. The van der Waals surface area contributed by atoms with Crippen LogP contribution in [0.1, 0.15) is 21.5 Å². The van der Waals surface area contributed by atoms with Gasteiger partial charge in [0.2, 0.25) is 0 Å². The standard InChI is InChI=1S/C16H14BrNO2/c17-14-4-2-1-3-13(14)10-18-8-7-11-9-12(16(19)20)5-6-15(11)18/h1-6,9H,7-8,10H2,(H,19,20). The Hall–Kier alpha value is -1.81. The summed E-state index contributed by atoms with van der Waals surface area (Å²) in [6.45, 7) is 1.76. The molecule has 2 aromatic rings. The zero-order valence-electron chi connectivity index (χ0n) is 10.8. The zero-order valence-corrected chi connectivity index (χ0v) is 12.4. The number of nitrogens with zero attached hydrogens (tertiary/aromatic N) is 1. The number of anilines is 1. The normalized spacial score (nSPS) is 13.3. The molecule has 0 saturated heterocycles. The van der Waals surface area contributed by atoms with Gasteiger partial charge in [-0.3, -0.25) is 0 Å². The Morgan fingerprint density at radius 1 is 1.25 bits per heavy atom. The molecule has 1 aliphatic rings. The molecule has 1 N–H and O–H groups in total. The van der Waals surface area contributed by atoms with Gasteiger partial charge in [-0.2, -0.15) is 0 Å². The van der Waals surface area contributed by atoms with E-state index in [2.05, 4.69) is 26.9 Å². The fourth-order valence-electron chi connectivity index (χ4n) is 2.60. The molecule has 3 nitrogen and oxygen atoms in total. The third-order valence-electron chi connectivity index (χ3n) is 3.64. The Balaban J connectivity index is 1.87. The van der Waals surface area contributed by atoms with E-state index < -0.39 is 5.97 Å². The molecule has 0 unspecified atom stereocenters. The molecule has 0 aromatic heterocycles. The number of carboxylic acids is 1. The monoisotopic (exact) mass is 331 g/mol. The number of hydrogen-bond donors (Lipinski definition) is 1. The van der Waals surface area contributed by atoms with Crippen LogP contribution in [0.3, 0.4) is 0 Å². The van der Waals surface area contributed by atoms with Gasteiger partial charge in [-0.05, 0) is 41.8 Å². The van der Waals surface area contributed by atoms with Crippen LogP contribution in [0.2, 0.25) is 0 Å². The summed E-state index contributed by atoms with van der Waals surface area (Å²) < 4.78 is 1.11. The Labute approximate surface area is 126 Å². The molecule has 20 heavy (non-hydrogen) atoms. The summed E-state index contributed by atoms with van der Waals surface area (Å²) in [6.07, 6.45) is 0.904. The first-order valence-corrected chi connectivity index (χ1v) is 7.29. The summed E-state index contributed by atoms with van der Waals surface area (Å²) in [5.41, 5.74) is 3.87. The molecule has 4 heteroatoms. The Bertz CT molecular complexity index is 669. The summed E-state index contributed by atoms with van der Waals surface area (Å²) in [5, 5.41) is 9.03. The zero-order chi connectivity index (χ0) is 14.1. The minimum absolute atomic E-state index is 0.367. The number of halogens is 1. The predicted octanol–water partition coefficient (Wildman–Crippen LogP) is 3.71. The number of rotatable bonds is 3. The second kappa shape index (κ2) is 5.29. The lowest BCUT2D eigenvalue weighted by atomic mass is 10.1. The lowest BCUT2D eigenvalue weighted by molar-refractivity contribution is 0.0697. The van der Waals surface area contributed by atoms with Crippen LogP contribution in [0.5, 0.6) is 0 Å². The third-order valence-corrected chi connectivity index (χ3v) is 4.41. The maximum absolute atomic E-state index is 11.0. The summed E-state index contributed by atoms with van der Waals surface area (Å²) >= 11 is 3.57. The highest BCUT2D eigenvalue weighted by Crippen LogP contribution is 2.31. The molecule has 0 saturated carbocycles. The molecule has 102 valence electrons. The van der Waals surface area contributed by atoms with Gasteiger partial charge in [0.05, 0.1) is 5.56 Å². The average molecular weight is 332 g/mol. The Kier molecular flexibility index (Phi) is 3.49. The average Bonchev–Trinajstić information content (AvgIpc) is 2.84. The van der Waals surface area contributed by atoms with Crippen LogP contribution < -0.4 is 4.90 Å². The van der Waals surface area contributed by atoms with Crippen LogP contribution in [-0.4, -0.2) is 17.6 Å². The van der Waals surface area contributed by atoms with E-state index in [-0.39, 0.29) is 0 Å². The maximum atomic E-state index is 11.0.